The van der Waals surface area contributed by atoms with Crippen LogP contribution >= 0.6 is 27.7 Å². The topological polar surface area (TPSA) is 114 Å². The minimum absolute atomic E-state index is 0.0704. The van der Waals surface area contributed by atoms with Gasteiger partial charge in [-0.2, -0.15) is 5.10 Å². The van der Waals surface area contributed by atoms with E-state index in [4.69, 9.17) is 4.74 Å². The minimum Gasteiger partial charge on any atom is -0.504 e. The molecular formula is C27H27BrN6O3S. The van der Waals surface area contributed by atoms with Crippen molar-refractivity contribution >= 4 is 45.5 Å². The van der Waals surface area contributed by atoms with Gasteiger partial charge in [0.1, 0.15) is 0 Å². The molecule has 4 aromatic rings. The number of hydrogen-bond donors (Lipinski definition) is 3. The van der Waals surface area contributed by atoms with Crippen molar-refractivity contribution in [2.24, 2.45) is 5.10 Å². The molecule has 0 bridgehead atoms. The van der Waals surface area contributed by atoms with Crippen molar-refractivity contribution in [1.82, 2.24) is 20.2 Å². The van der Waals surface area contributed by atoms with Crippen molar-refractivity contribution in [1.29, 1.82) is 0 Å². The van der Waals surface area contributed by atoms with Crippen molar-refractivity contribution in [3.8, 4) is 17.2 Å². The molecule has 0 spiro atoms. The van der Waals surface area contributed by atoms with Gasteiger partial charge in [-0.15, -0.1) is 10.2 Å². The predicted molar refractivity (Wildman–Crippen MR) is 153 cm³/mol. The fraction of sp³-hybridized carbons (Fsp3) is 0.185. The number of carbonyl (C=O) groups excluding carboxylic acids is 1. The maximum atomic E-state index is 12.8. The number of nitrogens with zero attached hydrogens (tertiary/aromatic N) is 4. The van der Waals surface area contributed by atoms with Crippen LogP contribution in [0.25, 0.3) is 5.69 Å². The number of aryl methyl sites for hydroxylation is 1. The van der Waals surface area contributed by atoms with E-state index in [0.717, 1.165) is 16.9 Å². The summed E-state index contributed by atoms with van der Waals surface area (Å²) in [6.45, 7) is 4.27. The molecule has 1 aromatic heterocycles. The van der Waals surface area contributed by atoms with Gasteiger partial charge in [-0.05, 0) is 49.7 Å². The highest BCUT2D eigenvalue weighted by atomic mass is 79.9. The van der Waals surface area contributed by atoms with Crippen LogP contribution < -0.4 is 15.5 Å². The number of phenols is 1. The number of anilines is 1. The van der Waals surface area contributed by atoms with E-state index in [-0.39, 0.29) is 11.7 Å². The molecule has 38 heavy (non-hydrogen) atoms. The Morgan fingerprint density at radius 1 is 1.18 bits per heavy atom. The lowest BCUT2D eigenvalue weighted by Crippen LogP contribution is -2.27. The third-order valence-corrected chi connectivity index (χ3v) is 7.12. The van der Waals surface area contributed by atoms with Gasteiger partial charge in [0.25, 0.3) is 5.91 Å². The van der Waals surface area contributed by atoms with Gasteiger partial charge in [-0.25, -0.2) is 5.43 Å². The number of aromatic hydroxyl groups is 1. The Morgan fingerprint density at radius 3 is 2.66 bits per heavy atom. The number of nitrogens with one attached hydrogen (secondary N) is 2. The molecule has 1 unspecified atom stereocenters. The number of benzene rings is 3. The van der Waals surface area contributed by atoms with E-state index in [0.29, 0.717) is 33.3 Å². The molecule has 1 heterocycles. The molecule has 4 rings (SSSR count). The number of carbonyl (C=O) groups is 1. The number of thioether (sulfide) groups is 1. The molecule has 0 radical (unpaired) electrons. The van der Waals surface area contributed by atoms with Gasteiger partial charge >= 0.3 is 0 Å². The highest BCUT2D eigenvalue weighted by molar-refractivity contribution is 9.10. The molecule has 196 valence electrons. The van der Waals surface area contributed by atoms with Crippen LogP contribution in [0, 0.1) is 6.92 Å². The first kappa shape index (κ1) is 27.2. The van der Waals surface area contributed by atoms with E-state index in [2.05, 4.69) is 42.0 Å². The second kappa shape index (κ2) is 12.6. The van der Waals surface area contributed by atoms with Gasteiger partial charge in [0, 0.05) is 21.4 Å². The molecule has 1 atom stereocenters. The quantitative estimate of drug-likeness (QED) is 0.130. The number of amides is 1. The van der Waals surface area contributed by atoms with Crippen molar-refractivity contribution in [2.45, 2.75) is 30.8 Å². The number of methoxy groups -OCH3 is 1. The molecule has 11 heteroatoms. The zero-order valence-electron chi connectivity index (χ0n) is 21.1. The molecule has 3 N–H and O–H groups in total. The number of aromatic nitrogens is 3. The molecular weight excluding hydrogens is 568 g/mol. The number of rotatable bonds is 10. The normalized spacial score (nSPS) is 11.9. The van der Waals surface area contributed by atoms with E-state index >= 15 is 0 Å². The summed E-state index contributed by atoms with van der Waals surface area (Å²) in [4.78, 5) is 12.8. The number of hydrazone groups is 1. The van der Waals surface area contributed by atoms with Crippen LogP contribution in [0.2, 0.25) is 0 Å². The summed E-state index contributed by atoms with van der Waals surface area (Å²) in [5.41, 5.74) is 5.97. The standard InChI is InChI=1S/C27H27BrN6O3S/c1-17-9-7-8-12-22(17)29-16-24-31-33-27(34(24)21-10-5-4-6-11-21)38-18(2)26(36)32-30-15-19-13-20(28)14-23(37-3)25(19)35/h4-15,18,29,35H,16H2,1-3H3,(H,32,36)/b30-15+. The molecule has 0 aliphatic carbocycles. The van der Waals surface area contributed by atoms with E-state index in [1.165, 1.54) is 25.1 Å². The van der Waals surface area contributed by atoms with Crippen molar-refractivity contribution in [2.75, 3.05) is 12.4 Å². The van der Waals surface area contributed by atoms with Gasteiger partial charge in [0.2, 0.25) is 0 Å². The third-order valence-electron chi connectivity index (χ3n) is 5.62. The number of phenolic OH excluding ortho intramolecular Hbond substituents is 1. The van der Waals surface area contributed by atoms with Crippen molar-refractivity contribution in [3.63, 3.8) is 0 Å². The average molecular weight is 596 g/mol. The molecule has 0 aliphatic heterocycles. The zero-order valence-corrected chi connectivity index (χ0v) is 23.5. The summed E-state index contributed by atoms with van der Waals surface area (Å²) in [5.74, 6) is 0.615. The van der Waals surface area contributed by atoms with E-state index in [1.807, 2.05) is 66.1 Å². The Morgan fingerprint density at radius 2 is 1.92 bits per heavy atom. The van der Waals surface area contributed by atoms with Gasteiger partial charge in [-0.1, -0.05) is 64.1 Å². The number of halogens is 1. The summed E-state index contributed by atoms with van der Waals surface area (Å²) in [7, 11) is 1.46. The Labute approximate surface area is 233 Å². The predicted octanol–water partition coefficient (Wildman–Crippen LogP) is 5.30. The summed E-state index contributed by atoms with van der Waals surface area (Å²) in [6.07, 6.45) is 1.36. The molecule has 0 aliphatic rings. The number of para-hydroxylation sites is 2. The van der Waals surface area contributed by atoms with Gasteiger partial charge in [-0.3, -0.25) is 9.36 Å². The Kier molecular flexibility index (Phi) is 9.03. The lowest BCUT2D eigenvalue weighted by atomic mass is 10.2. The second-order valence-electron chi connectivity index (χ2n) is 8.28. The van der Waals surface area contributed by atoms with Gasteiger partial charge in [0.05, 0.1) is 25.1 Å². The van der Waals surface area contributed by atoms with Crippen LogP contribution in [0.5, 0.6) is 11.5 Å². The Balaban J connectivity index is 1.48. The zero-order chi connectivity index (χ0) is 27.1. The van der Waals surface area contributed by atoms with Crippen LogP contribution in [0.15, 0.2) is 81.5 Å². The first-order valence-electron chi connectivity index (χ1n) is 11.7. The lowest BCUT2D eigenvalue weighted by molar-refractivity contribution is -0.120. The molecule has 3 aromatic carbocycles. The summed E-state index contributed by atoms with van der Waals surface area (Å²) in [6, 6.07) is 21.1. The first-order valence-corrected chi connectivity index (χ1v) is 13.4. The monoisotopic (exact) mass is 594 g/mol. The number of ether oxygens (including phenoxy) is 1. The smallest absolute Gasteiger partial charge is 0.253 e. The largest absolute Gasteiger partial charge is 0.504 e. The molecule has 0 saturated carbocycles. The molecule has 9 nitrogen and oxygen atoms in total. The minimum atomic E-state index is -0.526. The molecule has 0 fully saturated rings. The number of hydrogen-bond acceptors (Lipinski definition) is 8. The van der Waals surface area contributed by atoms with Crippen LogP contribution in [0.3, 0.4) is 0 Å². The van der Waals surface area contributed by atoms with Crippen LogP contribution in [0.1, 0.15) is 23.9 Å². The van der Waals surface area contributed by atoms with E-state index in [9.17, 15) is 9.90 Å². The maximum absolute atomic E-state index is 12.8. The van der Waals surface area contributed by atoms with E-state index < -0.39 is 5.25 Å². The molecule has 1 amide bonds. The highest BCUT2D eigenvalue weighted by Gasteiger charge is 2.21. The van der Waals surface area contributed by atoms with Crippen LogP contribution in [0.4, 0.5) is 5.69 Å². The van der Waals surface area contributed by atoms with Crippen LogP contribution in [-0.2, 0) is 11.3 Å². The second-order valence-corrected chi connectivity index (χ2v) is 10.5. The summed E-state index contributed by atoms with van der Waals surface area (Å²) >= 11 is 4.64. The Bertz CT molecular complexity index is 1440. The van der Waals surface area contributed by atoms with Gasteiger partial charge < -0.3 is 15.2 Å². The first-order chi connectivity index (χ1) is 18.4. The van der Waals surface area contributed by atoms with Crippen molar-refractivity contribution < 1.29 is 14.6 Å². The fourth-order valence-corrected chi connectivity index (χ4v) is 4.92. The summed E-state index contributed by atoms with van der Waals surface area (Å²) < 4.78 is 7.79. The van der Waals surface area contributed by atoms with E-state index in [1.54, 1.807) is 19.1 Å². The molecule has 0 saturated heterocycles. The van der Waals surface area contributed by atoms with Gasteiger partial charge in [0.15, 0.2) is 22.5 Å². The lowest BCUT2D eigenvalue weighted by Gasteiger charge is -2.14. The third kappa shape index (κ3) is 6.53. The SMILES string of the molecule is COc1cc(Br)cc(/C=N/NC(=O)C(C)Sc2nnc(CNc3ccccc3C)n2-c2ccccc2)c1O. The Hall–Kier alpha value is -3.83. The summed E-state index contributed by atoms with van der Waals surface area (Å²) in [5, 5.41) is 26.6. The fourth-order valence-electron chi connectivity index (χ4n) is 3.59. The maximum Gasteiger partial charge on any atom is 0.253 e. The van der Waals surface area contributed by atoms with Crippen LogP contribution in [-0.4, -0.2) is 44.4 Å². The average Bonchev–Trinajstić information content (AvgIpc) is 3.32. The van der Waals surface area contributed by atoms with Crippen molar-refractivity contribution in [3.05, 3.63) is 88.2 Å². The highest BCUT2D eigenvalue weighted by Crippen LogP contribution is 2.32.